The number of para-hydroxylation sites is 1. The minimum absolute atomic E-state index is 0.0803. The summed E-state index contributed by atoms with van der Waals surface area (Å²) >= 11 is 0. The van der Waals surface area contributed by atoms with Crippen molar-refractivity contribution in [3.63, 3.8) is 0 Å². The Labute approximate surface area is 201 Å². The zero-order valence-electron chi connectivity index (χ0n) is 19.0. The van der Waals surface area contributed by atoms with Gasteiger partial charge in [0.25, 0.3) is 11.7 Å². The first-order valence-corrected chi connectivity index (χ1v) is 11.5. The van der Waals surface area contributed by atoms with Crippen molar-refractivity contribution in [3.05, 3.63) is 119 Å². The SMILES string of the molecule is Cc1ccc(N2C(=O)C(=O)/C(=C(/O)c3cccc4ccccc34)C2c2c[nH]c3ccccc23)cc1. The fraction of sp³-hybridized carbons (Fsp3) is 0.0667. The van der Waals surface area contributed by atoms with E-state index in [9.17, 15) is 14.7 Å². The van der Waals surface area contributed by atoms with Crippen LogP contribution in [0, 0.1) is 6.92 Å². The Morgan fingerprint density at radius 1 is 0.829 bits per heavy atom. The number of carbonyl (C=O) groups excluding carboxylic acids is 2. The molecule has 1 aromatic heterocycles. The molecule has 35 heavy (non-hydrogen) atoms. The molecular weight excluding hydrogens is 436 g/mol. The Hall–Kier alpha value is -4.64. The van der Waals surface area contributed by atoms with E-state index in [4.69, 9.17) is 0 Å². The molecule has 0 bridgehead atoms. The highest BCUT2D eigenvalue weighted by atomic mass is 16.3. The number of benzene rings is 4. The van der Waals surface area contributed by atoms with Crippen LogP contribution in [0.2, 0.25) is 0 Å². The number of Topliss-reactive ketones (excluding diaryl/α,β-unsaturated/α-hetero) is 1. The van der Waals surface area contributed by atoms with Gasteiger partial charge in [0.05, 0.1) is 11.6 Å². The summed E-state index contributed by atoms with van der Waals surface area (Å²) in [5, 5.41) is 14.3. The lowest BCUT2D eigenvalue weighted by Gasteiger charge is -2.25. The maximum absolute atomic E-state index is 13.5. The standard InChI is InChI=1S/C30H22N2O3/c1-18-13-15-20(16-14-18)32-27(24-17-31-25-12-5-4-10-22(24)25)26(29(34)30(32)35)28(33)23-11-6-8-19-7-2-3-9-21(19)23/h2-17,27,31,33H,1H3/b28-26+. The summed E-state index contributed by atoms with van der Waals surface area (Å²) in [5.41, 5.74) is 3.89. The number of amides is 1. The number of aliphatic hydroxyl groups is 1. The van der Waals surface area contributed by atoms with Gasteiger partial charge in [-0.15, -0.1) is 0 Å². The molecule has 1 aliphatic heterocycles. The van der Waals surface area contributed by atoms with Crippen LogP contribution in [0.4, 0.5) is 5.69 Å². The second-order valence-corrected chi connectivity index (χ2v) is 8.82. The lowest BCUT2D eigenvalue weighted by molar-refractivity contribution is -0.132. The van der Waals surface area contributed by atoms with Gasteiger partial charge in [0.1, 0.15) is 5.76 Å². The number of aromatic nitrogens is 1. The van der Waals surface area contributed by atoms with E-state index in [-0.39, 0.29) is 11.3 Å². The Kier molecular flexibility index (Phi) is 4.78. The number of aryl methyl sites for hydroxylation is 1. The number of hydrogen-bond acceptors (Lipinski definition) is 3. The van der Waals surface area contributed by atoms with Crippen molar-refractivity contribution in [2.24, 2.45) is 0 Å². The van der Waals surface area contributed by atoms with Crippen molar-refractivity contribution < 1.29 is 14.7 Å². The molecule has 1 amide bonds. The van der Waals surface area contributed by atoms with Gasteiger partial charge < -0.3 is 10.1 Å². The molecule has 1 saturated heterocycles. The summed E-state index contributed by atoms with van der Waals surface area (Å²) in [6, 6.07) is 27.7. The molecule has 0 radical (unpaired) electrons. The minimum Gasteiger partial charge on any atom is -0.507 e. The number of carbonyl (C=O) groups is 2. The second kappa shape index (κ2) is 7.99. The summed E-state index contributed by atoms with van der Waals surface area (Å²) in [4.78, 5) is 31.7. The number of H-pyrrole nitrogens is 1. The molecule has 4 aromatic carbocycles. The highest BCUT2D eigenvalue weighted by molar-refractivity contribution is 6.52. The van der Waals surface area contributed by atoms with Gasteiger partial charge in [-0.3, -0.25) is 14.5 Å². The Balaban J connectivity index is 1.65. The molecule has 1 fully saturated rings. The van der Waals surface area contributed by atoms with Crippen LogP contribution in [-0.4, -0.2) is 21.8 Å². The number of nitrogens with zero attached hydrogens (tertiary/aromatic N) is 1. The first kappa shape index (κ1) is 20.9. The van der Waals surface area contributed by atoms with Gasteiger partial charge in [0, 0.05) is 33.9 Å². The van der Waals surface area contributed by atoms with Gasteiger partial charge >= 0.3 is 0 Å². The van der Waals surface area contributed by atoms with Crippen LogP contribution in [0.3, 0.4) is 0 Å². The molecule has 0 spiro atoms. The minimum atomic E-state index is -0.784. The molecule has 2 N–H and O–H groups in total. The zero-order valence-corrected chi connectivity index (χ0v) is 19.0. The molecular formula is C30H22N2O3. The Morgan fingerprint density at radius 2 is 1.51 bits per heavy atom. The van der Waals surface area contributed by atoms with Gasteiger partial charge in [0.2, 0.25) is 0 Å². The van der Waals surface area contributed by atoms with Gasteiger partial charge in [-0.1, -0.05) is 78.4 Å². The Morgan fingerprint density at radius 3 is 2.31 bits per heavy atom. The normalized spacial score (nSPS) is 17.5. The fourth-order valence-electron chi connectivity index (χ4n) is 5.00. The molecule has 5 aromatic rings. The number of rotatable bonds is 3. The first-order chi connectivity index (χ1) is 17.0. The van der Waals surface area contributed by atoms with Crippen LogP contribution in [0.1, 0.15) is 22.7 Å². The van der Waals surface area contributed by atoms with Crippen molar-refractivity contribution >= 4 is 44.8 Å². The largest absolute Gasteiger partial charge is 0.507 e. The third-order valence-corrected chi connectivity index (χ3v) is 6.72. The average Bonchev–Trinajstić information content (AvgIpc) is 3.42. The van der Waals surface area contributed by atoms with E-state index >= 15 is 0 Å². The highest BCUT2D eigenvalue weighted by Crippen LogP contribution is 2.44. The zero-order chi connectivity index (χ0) is 24.1. The van der Waals surface area contributed by atoms with Gasteiger partial charge in [-0.2, -0.15) is 0 Å². The van der Waals surface area contributed by atoms with E-state index in [0.717, 1.165) is 32.8 Å². The van der Waals surface area contributed by atoms with Crippen molar-refractivity contribution in [3.8, 4) is 0 Å². The summed E-state index contributed by atoms with van der Waals surface area (Å²) in [5.74, 6) is -1.54. The fourth-order valence-corrected chi connectivity index (χ4v) is 5.00. The van der Waals surface area contributed by atoms with Crippen LogP contribution in [0.25, 0.3) is 27.4 Å². The first-order valence-electron chi connectivity index (χ1n) is 11.5. The van der Waals surface area contributed by atoms with E-state index in [1.807, 2.05) is 98.0 Å². The molecule has 5 heteroatoms. The Bertz CT molecular complexity index is 1660. The topological polar surface area (TPSA) is 73.4 Å². The lowest BCUT2D eigenvalue weighted by atomic mass is 9.93. The smallest absolute Gasteiger partial charge is 0.300 e. The van der Waals surface area contributed by atoms with E-state index in [1.54, 1.807) is 6.07 Å². The average molecular weight is 459 g/mol. The molecule has 0 saturated carbocycles. The lowest BCUT2D eigenvalue weighted by Crippen LogP contribution is -2.29. The predicted octanol–water partition coefficient (Wildman–Crippen LogP) is 6.26. The third kappa shape index (κ3) is 3.24. The molecule has 5 nitrogen and oxygen atoms in total. The molecule has 2 heterocycles. The molecule has 1 aliphatic rings. The molecule has 1 atom stereocenters. The quantitative estimate of drug-likeness (QED) is 0.190. The van der Waals surface area contributed by atoms with E-state index in [1.165, 1.54) is 4.90 Å². The predicted molar refractivity (Wildman–Crippen MR) is 138 cm³/mol. The highest BCUT2D eigenvalue weighted by Gasteiger charge is 2.47. The second-order valence-electron chi connectivity index (χ2n) is 8.82. The van der Waals surface area contributed by atoms with Gasteiger partial charge in [0.15, 0.2) is 0 Å². The van der Waals surface area contributed by atoms with Crippen molar-refractivity contribution in [1.29, 1.82) is 0 Å². The maximum atomic E-state index is 13.5. The number of ketones is 1. The number of anilines is 1. The molecule has 1 unspecified atom stereocenters. The molecule has 6 rings (SSSR count). The van der Waals surface area contributed by atoms with Crippen LogP contribution in [0.5, 0.6) is 0 Å². The van der Waals surface area contributed by atoms with Crippen LogP contribution in [0.15, 0.2) is 103 Å². The molecule has 170 valence electrons. The number of hydrogen-bond donors (Lipinski definition) is 2. The summed E-state index contributed by atoms with van der Waals surface area (Å²) in [6.07, 6.45) is 1.82. The summed E-state index contributed by atoms with van der Waals surface area (Å²) in [6.45, 7) is 1.97. The van der Waals surface area contributed by atoms with Crippen molar-refractivity contribution in [2.45, 2.75) is 13.0 Å². The van der Waals surface area contributed by atoms with Crippen LogP contribution in [-0.2, 0) is 9.59 Å². The number of aliphatic hydroxyl groups excluding tert-OH is 1. The third-order valence-electron chi connectivity index (χ3n) is 6.72. The number of nitrogens with one attached hydrogen (secondary N) is 1. The van der Waals surface area contributed by atoms with Gasteiger partial charge in [-0.05, 0) is 35.9 Å². The van der Waals surface area contributed by atoms with E-state index in [2.05, 4.69) is 4.98 Å². The maximum Gasteiger partial charge on any atom is 0.300 e. The van der Waals surface area contributed by atoms with Gasteiger partial charge in [-0.25, -0.2) is 0 Å². The van der Waals surface area contributed by atoms with Crippen LogP contribution >= 0.6 is 0 Å². The summed E-state index contributed by atoms with van der Waals surface area (Å²) < 4.78 is 0. The van der Waals surface area contributed by atoms with E-state index < -0.39 is 17.7 Å². The molecule has 0 aliphatic carbocycles. The monoisotopic (exact) mass is 458 g/mol. The summed E-state index contributed by atoms with van der Waals surface area (Å²) in [7, 11) is 0. The van der Waals surface area contributed by atoms with Crippen LogP contribution < -0.4 is 4.90 Å². The number of fused-ring (bicyclic) bond motifs is 2. The van der Waals surface area contributed by atoms with Crippen molar-refractivity contribution in [1.82, 2.24) is 4.98 Å². The number of aromatic amines is 1. The van der Waals surface area contributed by atoms with E-state index in [0.29, 0.717) is 11.3 Å². The van der Waals surface area contributed by atoms with Crippen molar-refractivity contribution in [2.75, 3.05) is 4.90 Å².